The minimum absolute atomic E-state index is 0.147. The molecule has 1 heterocycles. The van der Waals surface area contributed by atoms with E-state index in [-0.39, 0.29) is 5.25 Å². The first-order valence-electron chi connectivity index (χ1n) is 4.77. The topological polar surface area (TPSA) is 69.7 Å². The summed E-state index contributed by atoms with van der Waals surface area (Å²) in [6.45, 7) is 0. The maximum Gasteiger partial charge on any atom is 0.426 e. The Bertz CT molecular complexity index is 378. The molecule has 0 atom stereocenters. The van der Waals surface area contributed by atoms with E-state index in [1.165, 1.54) is 0 Å². The molecular formula is C7H12O5S2. The van der Waals surface area contributed by atoms with Gasteiger partial charge in [0.25, 0.3) is 0 Å². The zero-order valence-corrected chi connectivity index (χ0v) is 9.17. The Balaban J connectivity index is 1.82. The van der Waals surface area contributed by atoms with Gasteiger partial charge < -0.3 is 0 Å². The third-order valence-electron chi connectivity index (χ3n) is 2.97. The molecular weight excluding hydrogens is 228 g/mol. The molecule has 0 N–H and O–H groups in total. The lowest BCUT2D eigenvalue weighted by atomic mass is 10.2. The van der Waals surface area contributed by atoms with Crippen molar-refractivity contribution in [1.82, 2.24) is 0 Å². The molecule has 0 aromatic carbocycles. The quantitative estimate of drug-likeness (QED) is 0.719. The molecule has 5 nitrogen and oxygen atoms in total. The van der Waals surface area contributed by atoms with Gasteiger partial charge in [0.2, 0.25) is 0 Å². The van der Waals surface area contributed by atoms with Crippen LogP contribution in [0.1, 0.15) is 25.7 Å². The highest BCUT2D eigenvalue weighted by molar-refractivity contribution is 8.14. The normalized spacial score (nSPS) is 36.4. The monoisotopic (exact) mass is 240 g/mol. The predicted molar refractivity (Wildman–Crippen MR) is 49.9 cm³/mol. The number of hydrogen-bond acceptors (Lipinski definition) is 5. The van der Waals surface area contributed by atoms with Crippen molar-refractivity contribution in [2.45, 2.75) is 30.9 Å². The van der Waals surface area contributed by atoms with Crippen molar-refractivity contribution in [3.63, 3.8) is 0 Å². The van der Waals surface area contributed by atoms with Gasteiger partial charge in [-0.1, -0.05) is 0 Å². The van der Waals surface area contributed by atoms with E-state index in [0.29, 0.717) is 11.8 Å². The van der Waals surface area contributed by atoms with Crippen LogP contribution in [0.2, 0.25) is 0 Å². The zero-order valence-electron chi connectivity index (χ0n) is 7.46. The molecule has 0 bridgehead atoms. The number of rotatable bonds is 3. The van der Waals surface area contributed by atoms with Gasteiger partial charge in [-0.2, -0.15) is 8.42 Å². The largest absolute Gasteiger partial charge is 0.426 e. The van der Waals surface area contributed by atoms with E-state index >= 15 is 0 Å². The summed E-state index contributed by atoms with van der Waals surface area (Å²) in [6.07, 6.45) is 4.10. The molecule has 1 aliphatic heterocycles. The zero-order chi connectivity index (χ0) is 9.97. The Morgan fingerprint density at radius 1 is 1.07 bits per heavy atom. The van der Waals surface area contributed by atoms with E-state index in [4.69, 9.17) is 0 Å². The summed E-state index contributed by atoms with van der Waals surface area (Å²) in [5, 5.41) is -0.147. The minimum atomic E-state index is -3.91. The summed E-state index contributed by atoms with van der Waals surface area (Å²) in [4.78, 5) is 0. The van der Waals surface area contributed by atoms with Crippen molar-refractivity contribution in [1.29, 1.82) is 0 Å². The lowest BCUT2D eigenvalue weighted by Crippen LogP contribution is -2.47. The van der Waals surface area contributed by atoms with Gasteiger partial charge in [-0.3, -0.25) is 0 Å². The van der Waals surface area contributed by atoms with E-state index in [1.54, 1.807) is 0 Å². The van der Waals surface area contributed by atoms with Gasteiger partial charge >= 0.3 is 10.4 Å². The highest BCUT2D eigenvalue weighted by atomic mass is 32.4. The summed E-state index contributed by atoms with van der Waals surface area (Å²) in [7, 11) is -7.21. The SMILES string of the molecule is O=S1(=O)O[SH](=O)(C(C2CC2)C2CC2)O1. The highest BCUT2D eigenvalue weighted by Gasteiger charge is 2.57. The molecule has 3 fully saturated rings. The van der Waals surface area contributed by atoms with Crippen LogP contribution in [-0.2, 0) is 28.2 Å². The first-order chi connectivity index (χ1) is 6.50. The van der Waals surface area contributed by atoms with Gasteiger partial charge in [-0.15, -0.1) is 7.26 Å². The first-order valence-corrected chi connectivity index (χ1v) is 7.72. The Morgan fingerprint density at radius 3 is 1.79 bits per heavy atom. The highest BCUT2D eigenvalue weighted by Crippen LogP contribution is 2.53. The molecule has 0 amide bonds. The van der Waals surface area contributed by atoms with Crippen LogP contribution in [0, 0.1) is 11.8 Å². The van der Waals surface area contributed by atoms with Crippen LogP contribution in [0.4, 0.5) is 0 Å². The second-order valence-corrected chi connectivity index (χ2v) is 7.95. The predicted octanol–water partition coefficient (Wildman–Crippen LogP) is 0.313. The molecule has 0 aromatic heterocycles. The standard InChI is InChI=1S/C7H12O5S2/c8-13(11-14(9,10)12-13)7(5-1-2-5)6-3-4-6/h5-7,13H,1-4H2. The van der Waals surface area contributed by atoms with Crippen molar-refractivity contribution in [2.24, 2.45) is 11.8 Å². The second-order valence-electron chi connectivity index (χ2n) is 4.26. The van der Waals surface area contributed by atoms with Gasteiger partial charge in [0.15, 0.2) is 0 Å². The lowest BCUT2D eigenvalue weighted by Gasteiger charge is -2.36. The molecule has 0 spiro atoms. The van der Waals surface area contributed by atoms with Gasteiger partial charge in [-0.05, 0) is 37.5 Å². The fourth-order valence-electron chi connectivity index (χ4n) is 2.14. The Labute approximate surface area is 83.9 Å². The van der Waals surface area contributed by atoms with Gasteiger partial charge in [0.1, 0.15) is 10.5 Å². The molecule has 82 valence electrons. The molecule has 3 rings (SSSR count). The summed E-state index contributed by atoms with van der Waals surface area (Å²) in [6, 6.07) is 0. The van der Waals surface area contributed by atoms with Crippen LogP contribution in [-0.4, -0.2) is 17.9 Å². The third-order valence-corrected chi connectivity index (χ3v) is 7.66. The molecule has 2 aliphatic carbocycles. The van der Waals surface area contributed by atoms with Gasteiger partial charge in [0.05, 0.1) is 5.25 Å². The number of thiol groups is 1. The lowest BCUT2D eigenvalue weighted by molar-refractivity contribution is 0.298. The van der Waals surface area contributed by atoms with Gasteiger partial charge in [-0.25, -0.2) is 4.21 Å². The van der Waals surface area contributed by atoms with Crippen molar-refractivity contribution in [3.05, 3.63) is 0 Å². The first kappa shape index (κ1) is 9.26. The van der Waals surface area contributed by atoms with Crippen LogP contribution in [0.5, 0.6) is 0 Å². The smallest absolute Gasteiger partial charge is 0.232 e. The average Bonchev–Trinajstić information content (AvgIpc) is 2.69. The van der Waals surface area contributed by atoms with E-state index < -0.39 is 20.9 Å². The molecule has 3 aliphatic rings. The summed E-state index contributed by atoms with van der Waals surface area (Å²) in [5.74, 6) is 0.729. The molecule has 0 aromatic rings. The Hall–Kier alpha value is 0.0200. The van der Waals surface area contributed by atoms with Crippen molar-refractivity contribution >= 4 is 20.9 Å². The Morgan fingerprint density at radius 2 is 1.50 bits per heavy atom. The van der Waals surface area contributed by atoms with E-state index in [1.807, 2.05) is 0 Å². The maximum absolute atomic E-state index is 11.9. The van der Waals surface area contributed by atoms with E-state index in [0.717, 1.165) is 25.7 Å². The van der Waals surface area contributed by atoms with Crippen LogP contribution in [0.3, 0.4) is 0 Å². The molecule has 2 saturated carbocycles. The second kappa shape index (κ2) is 2.58. The fraction of sp³-hybridized carbons (Fsp3) is 1.00. The molecule has 0 radical (unpaired) electrons. The van der Waals surface area contributed by atoms with Crippen LogP contribution >= 0.6 is 0 Å². The van der Waals surface area contributed by atoms with Crippen LogP contribution in [0.15, 0.2) is 0 Å². The number of hydrogen-bond donors (Lipinski definition) is 1. The van der Waals surface area contributed by atoms with Crippen LogP contribution in [0.25, 0.3) is 0 Å². The van der Waals surface area contributed by atoms with Crippen molar-refractivity contribution < 1.29 is 19.9 Å². The molecule has 7 heteroatoms. The van der Waals surface area contributed by atoms with Gasteiger partial charge in [0, 0.05) is 0 Å². The summed E-state index contributed by atoms with van der Waals surface area (Å²) < 4.78 is 42.2. The summed E-state index contributed by atoms with van der Waals surface area (Å²) >= 11 is 0. The minimum Gasteiger partial charge on any atom is -0.232 e. The Kier molecular flexibility index (Phi) is 1.70. The fourth-order valence-corrected chi connectivity index (χ4v) is 6.64. The average molecular weight is 240 g/mol. The summed E-state index contributed by atoms with van der Waals surface area (Å²) in [5.41, 5.74) is 0. The van der Waals surface area contributed by atoms with Crippen molar-refractivity contribution in [3.8, 4) is 0 Å². The third kappa shape index (κ3) is 1.42. The van der Waals surface area contributed by atoms with Crippen LogP contribution < -0.4 is 0 Å². The maximum atomic E-state index is 11.9. The van der Waals surface area contributed by atoms with E-state index in [9.17, 15) is 12.6 Å². The van der Waals surface area contributed by atoms with Crippen molar-refractivity contribution in [2.75, 3.05) is 0 Å². The van der Waals surface area contributed by atoms with E-state index in [2.05, 4.69) is 7.26 Å². The molecule has 14 heavy (non-hydrogen) atoms. The molecule has 0 unspecified atom stereocenters. The molecule has 1 saturated heterocycles.